The molecular formula is C6H10Cl2N2O2. The Hall–Kier alpha value is -0.320. The first kappa shape index (κ1) is 9.77. The number of nitrogens with one attached hydrogen (secondary N) is 1. The fourth-order valence-electron chi connectivity index (χ4n) is 0.426. The molecule has 1 amide bonds. The van der Waals surface area contributed by atoms with Crippen LogP contribution in [0.5, 0.6) is 0 Å². The van der Waals surface area contributed by atoms with Gasteiger partial charge in [0.15, 0.2) is 1.41 Å². The molecule has 0 rings (SSSR count). The molecule has 0 fully saturated rings. The lowest BCUT2D eigenvalue weighted by Crippen LogP contribution is -2.47. The highest BCUT2D eigenvalue weighted by molar-refractivity contribution is 6.20. The van der Waals surface area contributed by atoms with Gasteiger partial charge in [-0.15, -0.1) is 23.2 Å². The molecule has 0 aromatic carbocycles. The third kappa shape index (κ3) is 3.90. The Kier molecular flexibility index (Phi) is 5.07. The number of hydrogen-bond donors (Lipinski definition) is 2. The largest absolute Gasteiger partial charge is 0.344 e. The molecule has 0 unspecified atom stereocenters. The molecule has 4 nitrogen and oxygen atoms in total. The van der Waals surface area contributed by atoms with Gasteiger partial charge < -0.3 is 15.8 Å². The lowest BCUT2D eigenvalue weighted by molar-refractivity contribution is -0.124. The summed E-state index contributed by atoms with van der Waals surface area (Å²) >= 11 is 10.6. The molecule has 0 heterocycles. The topological polar surface area (TPSA) is 72.2 Å². The molecule has 0 aliphatic carbocycles. The third-order valence-corrected chi connectivity index (χ3v) is 1.74. The zero-order valence-electron chi connectivity index (χ0n) is 7.24. The highest BCUT2D eigenvalue weighted by Crippen LogP contribution is 1.88. The van der Waals surface area contributed by atoms with Crippen molar-refractivity contribution in [3.63, 3.8) is 0 Å². The predicted octanol–water partition coefficient (Wildman–Crippen LogP) is -0.525. The van der Waals surface area contributed by atoms with E-state index in [1.54, 1.807) is 0 Å². The Morgan fingerprint density at radius 3 is 2.58 bits per heavy atom. The molecule has 12 heavy (non-hydrogen) atoms. The maximum absolute atomic E-state index is 11.1. The second kappa shape index (κ2) is 6.22. The van der Waals surface area contributed by atoms with Crippen molar-refractivity contribution in [3.8, 4) is 0 Å². The van der Waals surface area contributed by atoms with Crippen molar-refractivity contribution in [2.45, 2.75) is 12.1 Å². The first-order chi connectivity index (χ1) is 6.08. The summed E-state index contributed by atoms with van der Waals surface area (Å²) in [5.74, 6) is -0.941. The number of rotatable bonds is 5. The van der Waals surface area contributed by atoms with Crippen molar-refractivity contribution < 1.29 is 11.0 Å². The van der Waals surface area contributed by atoms with E-state index in [2.05, 4.69) is 0 Å². The summed E-state index contributed by atoms with van der Waals surface area (Å²) in [4.78, 5) is 21.5. The molecule has 6 heteroatoms. The van der Waals surface area contributed by atoms with E-state index < -0.39 is 18.0 Å². The van der Waals surface area contributed by atoms with Crippen LogP contribution in [-0.2, 0) is 9.59 Å². The van der Waals surface area contributed by atoms with Crippen LogP contribution < -0.4 is 11.0 Å². The van der Waals surface area contributed by atoms with Crippen LogP contribution in [-0.4, -0.2) is 36.0 Å². The maximum atomic E-state index is 11.1. The molecule has 0 spiro atoms. The Balaban J connectivity index is 4.30. The first-order valence-electron chi connectivity index (χ1n) is 3.68. The van der Waals surface area contributed by atoms with Crippen molar-refractivity contribution in [2.24, 2.45) is 5.73 Å². The highest BCUT2D eigenvalue weighted by Gasteiger charge is 2.15. The second-order valence-corrected chi connectivity index (χ2v) is 2.70. The van der Waals surface area contributed by atoms with Crippen LogP contribution in [0.2, 0.25) is 1.41 Å². The fourth-order valence-corrected chi connectivity index (χ4v) is 0.700. The van der Waals surface area contributed by atoms with Gasteiger partial charge in [0, 0.05) is 11.8 Å². The minimum absolute atomic E-state index is 0.0952. The Bertz CT molecular complexity index is 193. The highest BCUT2D eigenvalue weighted by atomic mass is 35.5. The molecule has 0 bridgehead atoms. The third-order valence-electron chi connectivity index (χ3n) is 1.09. The van der Waals surface area contributed by atoms with Crippen molar-refractivity contribution in [3.05, 3.63) is 0 Å². The van der Waals surface area contributed by atoms with Gasteiger partial charge in [-0.3, -0.25) is 4.79 Å². The summed E-state index contributed by atoms with van der Waals surface area (Å²) in [5, 5.41) is 0.451. The quantitative estimate of drug-likeness (QED) is 0.477. The summed E-state index contributed by atoms with van der Waals surface area (Å²) in [7, 11) is 0. The standard InChI is InChI=1S/C6H10Cl2N2O2/c7-1-4(3-11)10-6(12)5(9)2-8/h3-5H,1-2,9H2,(H,10,12)/t4-,5-/m0/s1/i/hD. The van der Waals surface area contributed by atoms with Crippen molar-refractivity contribution in [2.75, 3.05) is 11.8 Å². The minimum Gasteiger partial charge on any atom is -0.344 e. The maximum Gasteiger partial charge on any atom is 0.238 e. The van der Waals surface area contributed by atoms with Gasteiger partial charge >= 0.3 is 0 Å². The Morgan fingerprint density at radius 2 is 2.25 bits per heavy atom. The molecule has 2 atom stereocenters. The summed E-state index contributed by atoms with van der Waals surface area (Å²) in [6.07, 6.45) is 0.416. The number of amides is 1. The minimum atomic E-state index is -0.969. The fraction of sp³-hybridized carbons (Fsp3) is 0.667. The molecular weight excluding hydrogens is 203 g/mol. The first-order valence-corrected chi connectivity index (χ1v) is 4.30. The number of aldehydes is 1. The van der Waals surface area contributed by atoms with E-state index in [4.69, 9.17) is 30.3 Å². The van der Waals surface area contributed by atoms with E-state index >= 15 is 0 Å². The van der Waals surface area contributed by atoms with Crippen molar-refractivity contribution in [1.29, 1.82) is 0 Å². The van der Waals surface area contributed by atoms with E-state index in [1.165, 1.54) is 0 Å². The van der Waals surface area contributed by atoms with E-state index in [9.17, 15) is 9.59 Å². The Morgan fingerprint density at radius 1 is 1.67 bits per heavy atom. The van der Waals surface area contributed by atoms with E-state index in [1.807, 2.05) is 0 Å². The SMILES string of the molecule is [2H]N(C(=O)[C@@H](N)CCl)[C@H](C=O)CCl. The molecule has 0 saturated heterocycles. The van der Waals surface area contributed by atoms with E-state index in [0.29, 0.717) is 11.6 Å². The zero-order valence-corrected chi connectivity index (χ0v) is 7.76. The zero-order chi connectivity index (χ0) is 10.4. The average molecular weight is 214 g/mol. The molecule has 70 valence electrons. The average Bonchev–Trinajstić information content (AvgIpc) is 2.17. The van der Waals surface area contributed by atoms with Crippen LogP contribution in [0.4, 0.5) is 0 Å². The lowest BCUT2D eigenvalue weighted by Gasteiger charge is -2.12. The Labute approximate surface area is 81.8 Å². The van der Waals surface area contributed by atoms with Gasteiger partial charge in [0.2, 0.25) is 5.91 Å². The number of alkyl halides is 2. The number of carbonyl (C=O) groups is 2. The summed E-state index contributed by atoms with van der Waals surface area (Å²) in [6.45, 7) is 0. The predicted molar refractivity (Wildman–Crippen MR) is 47.4 cm³/mol. The van der Waals surface area contributed by atoms with Gasteiger partial charge in [-0.2, -0.15) is 0 Å². The van der Waals surface area contributed by atoms with Gasteiger partial charge in [0.25, 0.3) is 0 Å². The van der Waals surface area contributed by atoms with E-state index in [-0.39, 0.29) is 11.8 Å². The van der Waals surface area contributed by atoms with Gasteiger partial charge in [-0.25, -0.2) is 0 Å². The number of carbonyl (C=O) groups excluding carboxylic acids is 2. The molecule has 0 aromatic heterocycles. The second-order valence-electron chi connectivity index (χ2n) is 2.09. The molecule has 3 N–H and O–H groups in total. The molecule has 0 aromatic rings. The van der Waals surface area contributed by atoms with Crippen LogP contribution in [0.15, 0.2) is 0 Å². The number of halogens is 2. The molecule has 0 radical (unpaired) electrons. The summed E-state index contributed by atoms with van der Waals surface area (Å²) in [6, 6.07) is -1.94. The van der Waals surface area contributed by atoms with Gasteiger partial charge in [-0.05, 0) is 0 Å². The monoisotopic (exact) mass is 213 g/mol. The molecule has 0 aliphatic rings. The van der Waals surface area contributed by atoms with Crippen LogP contribution in [0, 0.1) is 0 Å². The number of hydrogen-bond acceptors (Lipinski definition) is 3. The normalized spacial score (nSPS) is 16.1. The van der Waals surface area contributed by atoms with Crippen LogP contribution >= 0.6 is 23.2 Å². The summed E-state index contributed by atoms with van der Waals surface area (Å²) in [5.41, 5.74) is 5.26. The van der Waals surface area contributed by atoms with E-state index in [0.717, 1.165) is 0 Å². The van der Waals surface area contributed by atoms with Gasteiger partial charge in [0.1, 0.15) is 6.29 Å². The number of nitrogens with two attached hydrogens (primary N) is 1. The van der Waals surface area contributed by atoms with Crippen molar-refractivity contribution >= 4 is 35.4 Å². The van der Waals surface area contributed by atoms with Crippen LogP contribution in [0.1, 0.15) is 0 Å². The molecule has 0 saturated carbocycles. The lowest BCUT2D eigenvalue weighted by atomic mass is 10.3. The van der Waals surface area contributed by atoms with Crippen LogP contribution in [0.25, 0.3) is 0 Å². The summed E-state index contributed by atoms with van der Waals surface area (Å²) < 4.78 is 7.20. The van der Waals surface area contributed by atoms with Gasteiger partial charge in [0.05, 0.1) is 12.1 Å². The van der Waals surface area contributed by atoms with Gasteiger partial charge in [-0.1, -0.05) is 0 Å². The van der Waals surface area contributed by atoms with Crippen molar-refractivity contribution in [1.82, 2.24) is 5.31 Å². The smallest absolute Gasteiger partial charge is 0.238 e. The molecule has 0 aliphatic heterocycles. The van der Waals surface area contributed by atoms with Crippen LogP contribution in [0.3, 0.4) is 0 Å².